The first-order valence-corrected chi connectivity index (χ1v) is 4.37. The molecule has 0 saturated carbocycles. The number of hydrogen-bond acceptors (Lipinski definition) is 6. The Morgan fingerprint density at radius 1 is 1.17 bits per heavy atom. The summed E-state index contributed by atoms with van der Waals surface area (Å²) >= 11 is 0. The lowest BCUT2D eigenvalue weighted by Gasteiger charge is -1.85. The van der Waals surface area contributed by atoms with Gasteiger partial charge in [0.15, 0.2) is 0 Å². The van der Waals surface area contributed by atoms with Gasteiger partial charge in [0.2, 0.25) is 0 Å². The normalized spacial score (nSPS) is 7.67. The van der Waals surface area contributed by atoms with Gasteiger partial charge in [-0.05, 0) is 0 Å². The largest absolute Gasteiger partial charge is 0.516 e. The first-order valence-electron chi connectivity index (χ1n) is 4.37. The fourth-order valence-corrected chi connectivity index (χ4v) is 0.325. The van der Waals surface area contributed by atoms with Crippen LogP contribution < -0.4 is 0 Å². The minimum atomic E-state index is -1.17. The molecule has 0 radical (unpaired) electrons. The van der Waals surface area contributed by atoms with Crippen LogP contribution in [0.1, 0.15) is 6.92 Å². The van der Waals surface area contributed by atoms with E-state index in [-0.39, 0.29) is 5.97 Å². The lowest BCUT2D eigenvalue weighted by molar-refractivity contribution is -0.136. The van der Waals surface area contributed by atoms with Crippen LogP contribution in [0.25, 0.3) is 0 Å². The first kappa shape index (κ1) is 20.8. The number of aliphatic hydroxyl groups excluding tert-OH is 1. The predicted molar refractivity (Wildman–Crippen MR) is 63.6 cm³/mol. The zero-order chi connectivity index (χ0) is 15.0. The summed E-state index contributed by atoms with van der Waals surface area (Å²) in [5.41, 5.74) is 0. The van der Waals surface area contributed by atoms with E-state index < -0.39 is 11.9 Å². The van der Waals surface area contributed by atoms with Gasteiger partial charge in [0, 0.05) is 19.1 Å². The number of ether oxygens (including phenoxy) is 2. The number of carboxylic acid groups (broad SMARTS) is 1. The molecule has 0 amide bonds. The molecule has 0 rings (SSSR count). The van der Waals surface area contributed by atoms with E-state index in [9.17, 15) is 14.4 Å². The van der Waals surface area contributed by atoms with Crippen LogP contribution in [0.5, 0.6) is 0 Å². The van der Waals surface area contributed by atoms with E-state index in [0.29, 0.717) is 6.08 Å². The van der Waals surface area contributed by atoms with Crippen LogP contribution in [0, 0.1) is 0 Å². The number of aliphatic hydroxyl groups is 1. The summed E-state index contributed by atoms with van der Waals surface area (Å²) in [6.07, 6.45) is 3.40. The molecule has 7 heteroatoms. The Morgan fingerprint density at radius 3 is 1.78 bits per heavy atom. The quantitative estimate of drug-likeness (QED) is 0.445. The highest BCUT2D eigenvalue weighted by Crippen LogP contribution is 1.76. The lowest BCUT2D eigenvalue weighted by atomic mass is 10.5. The summed E-state index contributed by atoms with van der Waals surface area (Å²) in [5.74, 6) is -2.16. The van der Waals surface area contributed by atoms with Crippen molar-refractivity contribution in [3.8, 4) is 0 Å². The second-order valence-electron chi connectivity index (χ2n) is 2.15. The molecule has 7 nitrogen and oxygen atoms in total. The van der Waals surface area contributed by atoms with Crippen molar-refractivity contribution in [2.45, 2.75) is 6.92 Å². The highest BCUT2D eigenvalue weighted by Gasteiger charge is 1.91. The molecule has 0 aliphatic heterocycles. The van der Waals surface area contributed by atoms with E-state index >= 15 is 0 Å². The van der Waals surface area contributed by atoms with E-state index in [1.165, 1.54) is 14.0 Å². The molecule has 0 aromatic rings. The number of carbonyl (C=O) groups is 3. The Kier molecular flexibility index (Phi) is 19.5. The second-order valence-corrected chi connectivity index (χ2v) is 2.15. The van der Waals surface area contributed by atoms with Crippen molar-refractivity contribution in [2.75, 3.05) is 7.11 Å². The van der Waals surface area contributed by atoms with Crippen LogP contribution in [0.4, 0.5) is 0 Å². The van der Waals surface area contributed by atoms with Crippen molar-refractivity contribution in [1.29, 1.82) is 0 Å². The number of rotatable bonds is 3. The lowest BCUT2D eigenvalue weighted by Crippen LogP contribution is -1.96. The van der Waals surface area contributed by atoms with E-state index in [0.717, 1.165) is 18.6 Å². The summed E-state index contributed by atoms with van der Waals surface area (Å²) in [6, 6.07) is 0. The Morgan fingerprint density at radius 2 is 1.61 bits per heavy atom. The number of aliphatic carboxylic acids is 1. The van der Waals surface area contributed by atoms with Crippen molar-refractivity contribution >= 4 is 17.9 Å². The maximum atomic E-state index is 10.1. The van der Waals surface area contributed by atoms with Gasteiger partial charge in [0.05, 0.1) is 19.6 Å². The summed E-state index contributed by atoms with van der Waals surface area (Å²) in [5, 5.41) is 15.3. The van der Waals surface area contributed by atoms with Crippen LogP contribution >= 0.6 is 0 Å². The predicted octanol–water partition coefficient (Wildman–Crippen LogP) is 1.18. The van der Waals surface area contributed by atoms with Gasteiger partial charge in [-0.1, -0.05) is 13.2 Å². The summed E-state index contributed by atoms with van der Waals surface area (Å²) < 4.78 is 8.28. The Balaban J connectivity index is -0.000000216. The molecular weight excluding hydrogens is 244 g/mol. The third-order valence-corrected chi connectivity index (χ3v) is 0.812. The SMILES string of the molecule is C=CO.C=COC(C)=O.COC(=O)C=CC(=O)O. The molecule has 0 spiro atoms. The van der Waals surface area contributed by atoms with Crippen molar-refractivity contribution in [1.82, 2.24) is 0 Å². The molecule has 0 fully saturated rings. The molecule has 102 valence electrons. The second kappa shape index (κ2) is 16.8. The third-order valence-electron chi connectivity index (χ3n) is 0.812. The van der Waals surface area contributed by atoms with Gasteiger partial charge in [-0.15, -0.1) is 0 Å². The van der Waals surface area contributed by atoms with E-state index in [4.69, 9.17) is 10.2 Å². The average molecular weight is 260 g/mol. The number of hydrogen-bond donors (Lipinski definition) is 2. The monoisotopic (exact) mass is 260 g/mol. The minimum absolute atomic E-state index is 0.329. The summed E-state index contributed by atoms with van der Waals surface area (Å²) in [6.45, 7) is 7.40. The van der Waals surface area contributed by atoms with Crippen molar-refractivity contribution < 1.29 is 34.1 Å². The number of carboxylic acids is 1. The first-order chi connectivity index (χ1) is 8.35. The Bertz CT molecular complexity index is 305. The minimum Gasteiger partial charge on any atom is -0.516 e. The number of esters is 2. The molecule has 18 heavy (non-hydrogen) atoms. The van der Waals surface area contributed by atoms with Crippen LogP contribution in [0.3, 0.4) is 0 Å². The van der Waals surface area contributed by atoms with E-state index in [2.05, 4.69) is 22.6 Å². The zero-order valence-electron chi connectivity index (χ0n) is 10.2. The van der Waals surface area contributed by atoms with Crippen molar-refractivity contribution in [3.05, 3.63) is 37.8 Å². The van der Waals surface area contributed by atoms with Crippen LogP contribution in [0.2, 0.25) is 0 Å². The molecule has 0 aliphatic carbocycles. The molecular formula is C11H16O7. The zero-order valence-corrected chi connectivity index (χ0v) is 10.2. The fourth-order valence-electron chi connectivity index (χ4n) is 0.325. The molecule has 0 aromatic carbocycles. The molecule has 0 atom stereocenters. The Hall–Kier alpha value is -2.57. The molecule has 2 N–H and O–H groups in total. The molecule has 0 unspecified atom stereocenters. The van der Waals surface area contributed by atoms with E-state index in [1.54, 1.807) is 0 Å². The molecule has 0 heterocycles. The van der Waals surface area contributed by atoms with E-state index in [1.807, 2.05) is 0 Å². The Labute approximate surface area is 105 Å². The molecule has 0 saturated heterocycles. The van der Waals surface area contributed by atoms with Crippen LogP contribution in [0.15, 0.2) is 37.8 Å². The van der Waals surface area contributed by atoms with Crippen LogP contribution in [-0.2, 0) is 23.9 Å². The smallest absolute Gasteiger partial charge is 0.330 e. The van der Waals surface area contributed by atoms with Crippen LogP contribution in [-0.4, -0.2) is 35.2 Å². The van der Waals surface area contributed by atoms with Gasteiger partial charge in [0.1, 0.15) is 0 Å². The van der Waals surface area contributed by atoms with Gasteiger partial charge >= 0.3 is 17.9 Å². The maximum absolute atomic E-state index is 10.1. The number of carbonyl (C=O) groups excluding carboxylic acids is 2. The molecule has 0 aliphatic rings. The fraction of sp³-hybridized carbons (Fsp3) is 0.182. The third kappa shape index (κ3) is 37.6. The molecule has 0 aromatic heterocycles. The van der Waals surface area contributed by atoms with Crippen molar-refractivity contribution in [2.24, 2.45) is 0 Å². The summed E-state index contributed by atoms with van der Waals surface area (Å²) in [7, 11) is 1.18. The standard InChI is InChI=1S/C5H6O4.C4H6O2.C2H4O/c1-9-5(8)3-2-4(6)7;1-3-6-4(2)5;1-2-3/h2-3H,1H3,(H,6,7);3H,1H2,2H3;2-3H,1H2. The highest BCUT2D eigenvalue weighted by molar-refractivity contribution is 5.90. The molecule has 0 bridgehead atoms. The van der Waals surface area contributed by atoms with Gasteiger partial charge < -0.3 is 19.7 Å². The topological polar surface area (TPSA) is 110 Å². The van der Waals surface area contributed by atoms with Gasteiger partial charge in [-0.2, -0.15) is 0 Å². The number of methoxy groups -OCH3 is 1. The maximum Gasteiger partial charge on any atom is 0.330 e. The van der Waals surface area contributed by atoms with Crippen molar-refractivity contribution in [3.63, 3.8) is 0 Å². The highest BCUT2D eigenvalue weighted by atomic mass is 16.5. The average Bonchev–Trinajstić information content (AvgIpc) is 2.27. The van der Waals surface area contributed by atoms with Gasteiger partial charge in [0.25, 0.3) is 0 Å². The summed E-state index contributed by atoms with van der Waals surface area (Å²) in [4.78, 5) is 29.6. The van der Waals surface area contributed by atoms with Gasteiger partial charge in [-0.3, -0.25) is 4.79 Å². The van der Waals surface area contributed by atoms with Gasteiger partial charge in [-0.25, -0.2) is 9.59 Å².